The van der Waals surface area contributed by atoms with E-state index < -0.39 is 0 Å². The highest BCUT2D eigenvalue weighted by atomic mass is 15.1. The van der Waals surface area contributed by atoms with Crippen molar-refractivity contribution in [3.8, 4) is 27.9 Å². The molecule has 0 bridgehead atoms. The Labute approximate surface area is 328 Å². The predicted octanol–water partition coefficient (Wildman–Crippen LogP) is 15.2. The average Bonchev–Trinajstić information content (AvgIpc) is 3.60. The molecule has 0 saturated heterocycles. The molecule has 0 atom stereocenters. The second-order valence-electron chi connectivity index (χ2n) is 15.8. The SMILES string of the molecule is CC(C)(C)c1ccc(N(c2ccc(-c3ccccc3)cc2)c2ccc(-c3ccc(-n4c5ccc6ccccc6c5c5c6ccccc6ccc54)cc3)cc2)cc1. The summed E-state index contributed by atoms with van der Waals surface area (Å²) in [5.74, 6) is 0. The zero-order valence-electron chi connectivity index (χ0n) is 31.9. The average molecular weight is 719 g/mol. The van der Waals surface area contributed by atoms with E-state index in [2.05, 4.69) is 230 Å². The maximum atomic E-state index is 2.43. The van der Waals surface area contributed by atoms with Gasteiger partial charge in [-0.1, -0.05) is 160 Å². The van der Waals surface area contributed by atoms with Crippen LogP contribution in [0.15, 0.2) is 200 Å². The van der Waals surface area contributed by atoms with Gasteiger partial charge in [0.05, 0.1) is 11.0 Å². The van der Waals surface area contributed by atoms with E-state index in [9.17, 15) is 0 Å². The number of nitrogens with zero attached hydrogens (tertiary/aromatic N) is 2. The lowest BCUT2D eigenvalue weighted by atomic mass is 9.87. The lowest BCUT2D eigenvalue weighted by molar-refractivity contribution is 0.590. The zero-order chi connectivity index (χ0) is 37.8. The molecular weight excluding hydrogens is 677 g/mol. The third-order valence-electron chi connectivity index (χ3n) is 11.4. The Bertz CT molecular complexity index is 2910. The smallest absolute Gasteiger partial charge is 0.0547 e. The van der Waals surface area contributed by atoms with E-state index >= 15 is 0 Å². The molecule has 0 aliphatic heterocycles. The van der Waals surface area contributed by atoms with Crippen LogP contribution >= 0.6 is 0 Å². The van der Waals surface area contributed by atoms with E-state index in [1.54, 1.807) is 0 Å². The van der Waals surface area contributed by atoms with Gasteiger partial charge in [0, 0.05) is 33.5 Å². The van der Waals surface area contributed by atoms with Gasteiger partial charge in [-0.2, -0.15) is 0 Å². The van der Waals surface area contributed by atoms with Gasteiger partial charge in [-0.3, -0.25) is 0 Å². The van der Waals surface area contributed by atoms with Gasteiger partial charge >= 0.3 is 0 Å². The maximum absolute atomic E-state index is 2.43. The van der Waals surface area contributed by atoms with Crippen molar-refractivity contribution in [3.05, 3.63) is 206 Å². The Morgan fingerprint density at radius 2 is 0.750 bits per heavy atom. The Morgan fingerprint density at radius 3 is 1.21 bits per heavy atom. The minimum absolute atomic E-state index is 0.0855. The van der Waals surface area contributed by atoms with Gasteiger partial charge in [0.25, 0.3) is 0 Å². The molecule has 2 heteroatoms. The van der Waals surface area contributed by atoms with Crippen molar-refractivity contribution in [1.29, 1.82) is 0 Å². The molecule has 10 aromatic rings. The highest BCUT2D eigenvalue weighted by Crippen LogP contribution is 2.41. The van der Waals surface area contributed by atoms with Gasteiger partial charge in [0.15, 0.2) is 0 Å². The fraction of sp³-hybridized carbons (Fsp3) is 0.0741. The van der Waals surface area contributed by atoms with Gasteiger partial charge in [-0.15, -0.1) is 0 Å². The number of fused-ring (bicyclic) bond motifs is 7. The number of hydrogen-bond donors (Lipinski definition) is 0. The van der Waals surface area contributed by atoms with Gasteiger partial charge in [-0.25, -0.2) is 0 Å². The molecule has 2 nitrogen and oxygen atoms in total. The van der Waals surface area contributed by atoms with Crippen LogP contribution in [0.2, 0.25) is 0 Å². The van der Waals surface area contributed by atoms with Crippen molar-refractivity contribution in [1.82, 2.24) is 4.57 Å². The van der Waals surface area contributed by atoms with Crippen molar-refractivity contribution in [2.24, 2.45) is 0 Å². The second kappa shape index (κ2) is 13.4. The minimum Gasteiger partial charge on any atom is -0.311 e. The van der Waals surface area contributed by atoms with Crippen molar-refractivity contribution < 1.29 is 0 Å². The van der Waals surface area contributed by atoms with E-state index in [4.69, 9.17) is 0 Å². The monoisotopic (exact) mass is 718 g/mol. The van der Waals surface area contributed by atoms with Crippen LogP contribution in [0.25, 0.3) is 71.3 Å². The molecule has 56 heavy (non-hydrogen) atoms. The first-order valence-corrected chi connectivity index (χ1v) is 19.5. The first kappa shape index (κ1) is 33.7. The summed E-state index contributed by atoms with van der Waals surface area (Å²) >= 11 is 0. The number of anilines is 3. The van der Waals surface area contributed by atoms with Crippen LogP contribution in [-0.4, -0.2) is 4.57 Å². The lowest BCUT2D eigenvalue weighted by Gasteiger charge is -2.27. The van der Waals surface area contributed by atoms with Crippen LogP contribution in [-0.2, 0) is 5.41 Å². The van der Waals surface area contributed by atoms with Crippen LogP contribution in [0.3, 0.4) is 0 Å². The van der Waals surface area contributed by atoms with E-state index in [0.717, 1.165) is 22.7 Å². The lowest BCUT2D eigenvalue weighted by Crippen LogP contribution is -2.13. The highest BCUT2D eigenvalue weighted by Gasteiger charge is 2.19. The summed E-state index contributed by atoms with van der Waals surface area (Å²) in [6, 6.07) is 73.1. The summed E-state index contributed by atoms with van der Waals surface area (Å²) in [6.45, 7) is 6.79. The van der Waals surface area contributed by atoms with E-state index in [-0.39, 0.29) is 5.41 Å². The largest absolute Gasteiger partial charge is 0.311 e. The molecule has 10 rings (SSSR count). The maximum Gasteiger partial charge on any atom is 0.0547 e. The van der Waals surface area contributed by atoms with Crippen LogP contribution in [0.1, 0.15) is 26.3 Å². The summed E-state index contributed by atoms with van der Waals surface area (Å²) < 4.78 is 2.43. The van der Waals surface area contributed by atoms with Gasteiger partial charge in [0.2, 0.25) is 0 Å². The van der Waals surface area contributed by atoms with Gasteiger partial charge < -0.3 is 9.47 Å². The molecule has 0 N–H and O–H groups in total. The zero-order valence-corrected chi connectivity index (χ0v) is 31.9. The minimum atomic E-state index is 0.0855. The summed E-state index contributed by atoms with van der Waals surface area (Å²) in [5, 5.41) is 7.70. The van der Waals surface area contributed by atoms with Crippen LogP contribution in [0, 0.1) is 0 Å². The molecule has 0 radical (unpaired) electrons. The molecule has 0 unspecified atom stereocenters. The van der Waals surface area contributed by atoms with E-state index in [0.29, 0.717) is 0 Å². The fourth-order valence-electron chi connectivity index (χ4n) is 8.42. The second-order valence-corrected chi connectivity index (χ2v) is 15.8. The number of benzene rings is 9. The molecule has 0 aliphatic rings. The molecule has 0 amide bonds. The quantitative estimate of drug-likeness (QED) is 0.166. The molecule has 0 aliphatic carbocycles. The Kier molecular flexibility index (Phi) is 8.08. The van der Waals surface area contributed by atoms with Crippen molar-refractivity contribution in [3.63, 3.8) is 0 Å². The van der Waals surface area contributed by atoms with Crippen LogP contribution < -0.4 is 4.90 Å². The molecule has 268 valence electrons. The van der Waals surface area contributed by atoms with E-state index in [1.807, 2.05) is 0 Å². The van der Waals surface area contributed by atoms with Crippen molar-refractivity contribution in [2.45, 2.75) is 26.2 Å². The topological polar surface area (TPSA) is 8.17 Å². The molecule has 1 heterocycles. The molecule has 0 saturated carbocycles. The van der Waals surface area contributed by atoms with Crippen LogP contribution in [0.4, 0.5) is 17.1 Å². The standard InChI is InChI=1S/C54H42N2/c1-54(2,3)43-25-33-46(34-26-43)55(44-27-17-38(18-28-44)37-11-5-4-6-12-37)45-29-19-39(20-30-45)40-21-31-47(32-22-40)56-50-35-23-41-13-7-9-15-48(41)52(50)53-49-16-10-8-14-42(49)24-36-51(53)56/h4-36H,1-3H3. The summed E-state index contributed by atoms with van der Waals surface area (Å²) in [6.07, 6.45) is 0. The normalized spacial score (nSPS) is 11.8. The fourth-order valence-corrected chi connectivity index (χ4v) is 8.42. The Morgan fingerprint density at radius 1 is 0.357 bits per heavy atom. The third kappa shape index (κ3) is 5.82. The Balaban J connectivity index is 1.02. The number of aromatic nitrogens is 1. The molecule has 0 spiro atoms. The van der Waals surface area contributed by atoms with E-state index in [1.165, 1.54) is 71.2 Å². The number of rotatable bonds is 6. The van der Waals surface area contributed by atoms with Crippen molar-refractivity contribution in [2.75, 3.05) is 4.90 Å². The third-order valence-corrected chi connectivity index (χ3v) is 11.4. The first-order chi connectivity index (χ1) is 27.4. The van der Waals surface area contributed by atoms with Gasteiger partial charge in [-0.05, 0) is 115 Å². The van der Waals surface area contributed by atoms with Gasteiger partial charge in [0.1, 0.15) is 0 Å². The summed E-state index contributed by atoms with van der Waals surface area (Å²) in [7, 11) is 0. The first-order valence-electron chi connectivity index (χ1n) is 19.5. The molecule has 0 fully saturated rings. The van der Waals surface area contributed by atoms with Crippen LogP contribution in [0.5, 0.6) is 0 Å². The van der Waals surface area contributed by atoms with Crippen molar-refractivity contribution >= 4 is 60.4 Å². The summed E-state index contributed by atoms with van der Waals surface area (Å²) in [5.41, 5.74) is 13.2. The summed E-state index contributed by atoms with van der Waals surface area (Å²) in [4.78, 5) is 2.35. The highest BCUT2D eigenvalue weighted by molar-refractivity contribution is 6.28. The Hall–Kier alpha value is -6.90. The number of hydrogen-bond acceptors (Lipinski definition) is 1. The molecular formula is C54H42N2. The molecule has 9 aromatic carbocycles. The molecule has 1 aromatic heterocycles. The predicted molar refractivity (Wildman–Crippen MR) is 240 cm³/mol.